The first kappa shape index (κ1) is 23.3. The van der Waals surface area contributed by atoms with E-state index in [1.807, 2.05) is 19.1 Å². The van der Waals surface area contributed by atoms with Crippen molar-refractivity contribution in [3.05, 3.63) is 48.0 Å². The zero-order chi connectivity index (χ0) is 23.6. The number of piperidine rings is 1. The summed E-state index contributed by atoms with van der Waals surface area (Å²) >= 11 is 0. The number of aryl methyl sites for hydroxylation is 1. The van der Waals surface area contributed by atoms with Crippen molar-refractivity contribution in [3.8, 4) is 5.75 Å². The number of carbonyl (C=O) groups is 2. The van der Waals surface area contributed by atoms with Crippen LogP contribution in [0.4, 0.5) is 11.4 Å². The molecule has 2 fully saturated rings. The molecule has 0 aromatic heterocycles. The van der Waals surface area contributed by atoms with E-state index in [0.717, 1.165) is 18.4 Å². The van der Waals surface area contributed by atoms with Crippen molar-refractivity contribution >= 4 is 33.2 Å². The van der Waals surface area contributed by atoms with Gasteiger partial charge in [-0.15, -0.1) is 0 Å². The first-order valence-electron chi connectivity index (χ1n) is 11.1. The standard InChI is InChI=1S/C24H29N3O5S/c1-16-5-8-19(25-23(28)17-6-7-17)14-22(16)26-24(29)18-4-3-13-27(15-18)33(30,31)21-11-9-20(32-2)10-12-21/h5,8-12,14,17-18H,3-4,6-7,13,15H2,1-2H3,(H,25,28)(H,26,29). The second-order valence-electron chi connectivity index (χ2n) is 8.66. The van der Waals surface area contributed by atoms with Crippen LogP contribution in [0.5, 0.6) is 5.75 Å². The van der Waals surface area contributed by atoms with E-state index in [2.05, 4.69) is 10.6 Å². The van der Waals surface area contributed by atoms with Crippen LogP contribution < -0.4 is 15.4 Å². The number of nitrogens with zero attached hydrogens (tertiary/aromatic N) is 1. The van der Waals surface area contributed by atoms with E-state index >= 15 is 0 Å². The molecule has 2 amide bonds. The fourth-order valence-corrected chi connectivity index (χ4v) is 5.45. The maximum absolute atomic E-state index is 13.1. The van der Waals surface area contributed by atoms with Gasteiger partial charge in [-0.05, 0) is 74.6 Å². The van der Waals surface area contributed by atoms with Gasteiger partial charge in [0.1, 0.15) is 5.75 Å². The van der Waals surface area contributed by atoms with Crippen molar-refractivity contribution in [3.63, 3.8) is 0 Å². The Morgan fingerprint density at radius 3 is 2.33 bits per heavy atom. The second-order valence-corrected chi connectivity index (χ2v) is 10.6. The van der Waals surface area contributed by atoms with Gasteiger partial charge in [0.25, 0.3) is 0 Å². The number of carbonyl (C=O) groups excluding carboxylic acids is 2. The lowest BCUT2D eigenvalue weighted by atomic mass is 9.98. The molecule has 1 saturated carbocycles. The van der Waals surface area contributed by atoms with Gasteiger partial charge in [-0.1, -0.05) is 6.07 Å². The molecule has 1 saturated heterocycles. The lowest BCUT2D eigenvalue weighted by molar-refractivity contribution is -0.121. The minimum atomic E-state index is -3.71. The van der Waals surface area contributed by atoms with Crippen LogP contribution in [0.15, 0.2) is 47.4 Å². The van der Waals surface area contributed by atoms with E-state index < -0.39 is 15.9 Å². The maximum atomic E-state index is 13.1. The molecule has 2 N–H and O–H groups in total. The molecule has 176 valence electrons. The fourth-order valence-electron chi connectivity index (χ4n) is 3.93. The van der Waals surface area contributed by atoms with Crippen LogP contribution in [-0.2, 0) is 19.6 Å². The van der Waals surface area contributed by atoms with Crippen molar-refractivity contribution in [2.45, 2.75) is 37.5 Å². The summed E-state index contributed by atoms with van der Waals surface area (Å²) in [4.78, 5) is 25.3. The highest BCUT2D eigenvalue weighted by Crippen LogP contribution is 2.31. The molecule has 1 aliphatic carbocycles. The van der Waals surface area contributed by atoms with Gasteiger partial charge in [0, 0.05) is 30.4 Å². The second kappa shape index (κ2) is 9.52. The summed E-state index contributed by atoms with van der Waals surface area (Å²) in [6, 6.07) is 11.7. The van der Waals surface area contributed by atoms with Gasteiger partial charge in [0.05, 0.1) is 17.9 Å². The van der Waals surface area contributed by atoms with Gasteiger partial charge in [-0.2, -0.15) is 4.31 Å². The lowest BCUT2D eigenvalue weighted by Gasteiger charge is -2.31. The molecule has 1 heterocycles. The summed E-state index contributed by atoms with van der Waals surface area (Å²) in [5.74, 6) is -0.0157. The number of ether oxygens (including phenoxy) is 1. The van der Waals surface area contributed by atoms with Crippen molar-refractivity contribution in [1.29, 1.82) is 0 Å². The highest BCUT2D eigenvalue weighted by Gasteiger charge is 2.34. The van der Waals surface area contributed by atoms with Gasteiger partial charge in [0.15, 0.2) is 0 Å². The van der Waals surface area contributed by atoms with Crippen molar-refractivity contribution in [2.24, 2.45) is 11.8 Å². The molecule has 9 heteroatoms. The SMILES string of the molecule is COc1ccc(S(=O)(=O)N2CCCC(C(=O)Nc3cc(NC(=O)C4CC4)ccc3C)C2)cc1. The highest BCUT2D eigenvalue weighted by atomic mass is 32.2. The summed E-state index contributed by atoms with van der Waals surface area (Å²) < 4.78 is 32.7. The molecule has 2 aliphatic rings. The average molecular weight is 472 g/mol. The van der Waals surface area contributed by atoms with Gasteiger partial charge in [0.2, 0.25) is 21.8 Å². The molecule has 1 atom stereocenters. The smallest absolute Gasteiger partial charge is 0.243 e. The predicted octanol–water partition coefficient (Wildman–Crippen LogP) is 3.39. The molecule has 2 aromatic carbocycles. The largest absolute Gasteiger partial charge is 0.497 e. The van der Waals surface area contributed by atoms with Gasteiger partial charge < -0.3 is 15.4 Å². The van der Waals surface area contributed by atoms with Crippen LogP contribution in [0.1, 0.15) is 31.2 Å². The van der Waals surface area contributed by atoms with Crippen LogP contribution in [0, 0.1) is 18.8 Å². The van der Waals surface area contributed by atoms with E-state index in [9.17, 15) is 18.0 Å². The molecule has 33 heavy (non-hydrogen) atoms. The first-order chi connectivity index (χ1) is 15.8. The number of hydrogen-bond donors (Lipinski definition) is 2. The molecule has 4 rings (SSSR count). The Balaban J connectivity index is 1.43. The molecular weight excluding hydrogens is 442 g/mol. The predicted molar refractivity (Wildman–Crippen MR) is 126 cm³/mol. The van der Waals surface area contributed by atoms with E-state index in [4.69, 9.17) is 4.74 Å². The average Bonchev–Trinajstić information content (AvgIpc) is 3.67. The van der Waals surface area contributed by atoms with Gasteiger partial charge >= 0.3 is 0 Å². The van der Waals surface area contributed by atoms with Crippen molar-refractivity contribution < 1.29 is 22.7 Å². The third-order valence-electron chi connectivity index (χ3n) is 6.16. The molecule has 0 bridgehead atoms. The number of anilines is 2. The summed E-state index contributed by atoms with van der Waals surface area (Å²) in [5, 5.41) is 5.83. The monoisotopic (exact) mass is 471 g/mol. The van der Waals surface area contributed by atoms with Crippen LogP contribution in [0.3, 0.4) is 0 Å². The zero-order valence-corrected chi connectivity index (χ0v) is 19.7. The number of hydrogen-bond acceptors (Lipinski definition) is 5. The van der Waals surface area contributed by atoms with Gasteiger partial charge in [-0.25, -0.2) is 8.42 Å². The molecule has 2 aromatic rings. The topological polar surface area (TPSA) is 105 Å². The number of sulfonamides is 1. The van der Waals surface area contributed by atoms with E-state index in [1.54, 1.807) is 18.2 Å². The molecular formula is C24H29N3O5S. The quantitative estimate of drug-likeness (QED) is 0.644. The van der Waals surface area contributed by atoms with E-state index in [1.165, 1.54) is 23.5 Å². The van der Waals surface area contributed by atoms with Crippen molar-refractivity contribution in [1.82, 2.24) is 4.31 Å². The van der Waals surface area contributed by atoms with Crippen LogP contribution in [-0.4, -0.2) is 44.7 Å². The Morgan fingerprint density at radius 1 is 0.970 bits per heavy atom. The van der Waals surface area contributed by atoms with E-state index in [0.29, 0.717) is 36.5 Å². The van der Waals surface area contributed by atoms with Crippen LogP contribution >= 0.6 is 0 Å². The Morgan fingerprint density at radius 2 is 1.67 bits per heavy atom. The summed E-state index contributed by atoms with van der Waals surface area (Å²) in [5.41, 5.74) is 2.12. The highest BCUT2D eigenvalue weighted by molar-refractivity contribution is 7.89. The Kier molecular flexibility index (Phi) is 6.71. The minimum absolute atomic E-state index is 0.00258. The number of benzene rings is 2. The third-order valence-corrected chi connectivity index (χ3v) is 8.04. The number of amides is 2. The fraction of sp³-hybridized carbons (Fsp3) is 0.417. The molecule has 8 nitrogen and oxygen atoms in total. The minimum Gasteiger partial charge on any atom is -0.497 e. The first-order valence-corrected chi connectivity index (χ1v) is 12.6. The Hall–Kier alpha value is -2.91. The number of methoxy groups -OCH3 is 1. The van der Waals surface area contributed by atoms with Crippen LogP contribution in [0.25, 0.3) is 0 Å². The Bertz CT molecular complexity index is 1140. The summed E-state index contributed by atoms with van der Waals surface area (Å²) in [7, 11) is -2.18. The van der Waals surface area contributed by atoms with Crippen molar-refractivity contribution in [2.75, 3.05) is 30.8 Å². The zero-order valence-electron chi connectivity index (χ0n) is 18.8. The molecule has 1 aliphatic heterocycles. The maximum Gasteiger partial charge on any atom is 0.243 e. The normalized spacial score (nSPS) is 19.0. The molecule has 1 unspecified atom stereocenters. The van der Waals surface area contributed by atoms with Gasteiger partial charge in [-0.3, -0.25) is 9.59 Å². The summed E-state index contributed by atoms with van der Waals surface area (Å²) in [6.07, 6.45) is 3.04. The van der Waals surface area contributed by atoms with E-state index in [-0.39, 0.29) is 29.2 Å². The molecule has 0 spiro atoms. The number of nitrogens with one attached hydrogen (secondary N) is 2. The third kappa shape index (κ3) is 5.36. The molecule has 0 radical (unpaired) electrons. The van der Waals surface area contributed by atoms with Crippen LogP contribution in [0.2, 0.25) is 0 Å². The summed E-state index contributed by atoms with van der Waals surface area (Å²) in [6.45, 7) is 2.38. The number of rotatable bonds is 7. The Labute approximate surface area is 194 Å². The lowest BCUT2D eigenvalue weighted by Crippen LogP contribution is -2.43.